The maximum atomic E-state index is 4.63. The van der Waals surface area contributed by atoms with Gasteiger partial charge in [0.05, 0.1) is 0 Å². The molecule has 0 aromatic heterocycles. The van der Waals surface area contributed by atoms with E-state index in [0.29, 0.717) is 0 Å². The van der Waals surface area contributed by atoms with Crippen LogP contribution < -0.4 is 10.4 Å². The van der Waals surface area contributed by atoms with E-state index in [0.717, 1.165) is 19.3 Å². The Hall–Kier alpha value is -3.19. The van der Waals surface area contributed by atoms with Crippen LogP contribution in [0.1, 0.15) is 40.7 Å². The lowest BCUT2D eigenvalue weighted by atomic mass is 9.81. The topological polar surface area (TPSA) is 12.4 Å². The number of hydrogen-bond acceptors (Lipinski definition) is 1. The van der Waals surface area contributed by atoms with Gasteiger partial charge in [-0.3, -0.25) is 4.99 Å². The fraction of sp³-hybridized carbons (Fsp3) is 0.207. The quantitative estimate of drug-likeness (QED) is 0.570. The zero-order valence-electron chi connectivity index (χ0n) is 17.4. The largest absolute Gasteiger partial charge is 0.268 e. The SMILES string of the molecule is Cc1ccc2c(c1)=CCc1c3c(ccc1=2)=C(C1=CN=CCc2ccccc21)CCC3. The van der Waals surface area contributed by atoms with Crippen molar-refractivity contribution in [3.05, 3.63) is 109 Å². The number of rotatable bonds is 1. The number of aliphatic imine (C=N–C) groups is 1. The van der Waals surface area contributed by atoms with Gasteiger partial charge in [-0.15, -0.1) is 0 Å². The molecular weight excluding hydrogens is 362 g/mol. The van der Waals surface area contributed by atoms with Crippen LogP contribution in [-0.2, 0) is 19.3 Å². The van der Waals surface area contributed by atoms with Crippen LogP contribution in [0.15, 0.2) is 65.8 Å². The molecule has 0 saturated carbocycles. The van der Waals surface area contributed by atoms with Crippen molar-refractivity contribution >= 4 is 23.4 Å². The third-order valence-corrected chi connectivity index (χ3v) is 6.89. The van der Waals surface area contributed by atoms with Gasteiger partial charge in [0.25, 0.3) is 0 Å². The molecule has 1 nitrogen and oxygen atoms in total. The van der Waals surface area contributed by atoms with E-state index in [9.17, 15) is 0 Å². The summed E-state index contributed by atoms with van der Waals surface area (Å²) in [7, 11) is 0. The van der Waals surface area contributed by atoms with Crippen LogP contribution >= 0.6 is 0 Å². The first-order valence-electron chi connectivity index (χ1n) is 11.1. The summed E-state index contributed by atoms with van der Waals surface area (Å²) in [6, 6.07) is 20.4. The van der Waals surface area contributed by atoms with E-state index in [1.54, 1.807) is 5.56 Å². The number of hydrogen-bond donors (Lipinski definition) is 0. The van der Waals surface area contributed by atoms with Crippen molar-refractivity contribution < 1.29 is 0 Å². The normalized spacial score (nSPS) is 16.4. The smallest absolute Gasteiger partial charge is 0.0345 e. The Morgan fingerprint density at radius 2 is 1.67 bits per heavy atom. The van der Waals surface area contributed by atoms with Crippen LogP contribution in [0.4, 0.5) is 0 Å². The van der Waals surface area contributed by atoms with Crippen LogP contribution in [-0.4, -0.2) is 6.21 Å². The summed E-state index contributed by atoms with van der Waals surface area (Å²) in [4.78, 5) is 4.63. The standard InChI is InChI=1S/C29H25N/c1-19-9-11-23-21(17-19)10-12-27-24-7-4-8-25(28(24)14-13-26(23)27)29-18-30-16-15-20-5-2-3-6-22(20)29/h2-3,5-6,9-11,13-14,16-18H,4,7-8,12,15H2,1H3. The van der Waals surface area contributed by atoms with Crippen molar-refractivity contribution in [2.75, 3.05) is 0 Å². The number of benzene rings is 3. The molecule has 0 fully saturated rings. The molecule has 0 atom stereocenters. The van der Waals surface area contributed by atoms with Crippen LogP contribution in [0.2, 0.25) is 0 Å². The molecule has 0 spiro atoms. The highest BCUT2D eigenvalue weighted by molar-refractivity contribution is 6.00. The third-order valence-electron chi connectivity index (χ3n) is 6.89. The molecule has 30 heavy (non-hydrogen) atoms. The van der Waals surface area contributed by atoms with Gasteiger partial charge in [0.15, 0.2) is 0 Å². The van der Waals surface area contributed by atoms with Gasteiger partial charge in [-0.05, 0) is 81.3 Å². The molecule has 0 unspecified atom stereocenters. The van der Waals surface area contributed by atoms with Crippen molar-refractivity contribution in [3.8, 4) is 0 Å². The molecule has 3 aromatic carbocycles. The van der Waals surface area contributed by atoms with Gasteiger partial charge in [0, 0.05) is 24.4 Å². The minimum Gasteiger partial charge on any atom is -0.268 e. The zero-order valence-corrected chi connectivity index (χ0v) is 17.4. The van der Waals surface area contributed by atoms with Crippen molar-refractivity contribution in [2.24, 2.45) is 4.99 Å². The molecule has 1 heteroatoms. The van der Waals surface area contributed by atoms with E-state index in [-0.39, 0.29) is 0 Å². The minimum atomic E-state index is 0.908. The predicted molar refractivity (Wildman–Crippen MR) is 126 cm³/mol. The second kappa shape index (κ2) is 6.95. The van der Waals surface area contributed by atoms with E-state index in [1.165, 1.54) is 67.1 Å². The number of fused-ring (bicyclic) bond motifs is 5. The van der Waals surface area contributed by atoms with Crippen molar-refractivity contribution in [3.63, 3.8) is 0 Å². The molecule has 0 bridgehead atoms. The van der Waals surface area contributed by atoms with Crippen molar-refractivity contribution in [1.29, 1.82) is 0 Å². The highest BCUT2D eigenvalue weighted by Gasteiger charge is 2.20. The molecule has 0 saturated heterocycles. The van der Waals surface area contributed by atoms with Gasteiger partial charge < -0.3 is 0 Å². The van der Waals surface area contributed by atoms with E-state index in [2.05, 4.69) is 78.8 Å². The Morgan fingerprint density at radius 1 is 0.800 bits per heavy atom. The molecule has 1 heterocycles. The van der Waals surface area contributed by atoms with Crippen LogP contribution in [0.3, 0.4) is 0 Å². The van der Waals surface area contributed by atoms with E-state index < -0.39 is 0 Å². The maximum absolute atomic E-state index is 4.63. The van der Waals surface area contributed by atoms with Gasteiger partial charge in [0.2, 0.25) is 0 Å². The second-order valence-corrected chi connectivity index (χ2v) is 8.68. The first-order valence-corrected chi connectivity index (χ1v) is 11.1. The lowest BCUT2D eigenvalue weighted by Gasteiger charge is -2.23. The minimum absolute atomic E-state index is 0.908. The highest BCUT2D eigenvalue weighted by atomic mass is 14.7. The van der Waals surface area contributed by atoms with E-state index in [4.69, 9.17) is 0 Å². The first-order chi connectivity index (χ1) is 14.8. The van der Waals surface area contributed by atoms with E-state index in [1.807, 2.05) is 6.21 Å². The van der Waals surface area contributed by atoms with Crippen molar-refractivity contribution in [2.45, 2.75) is 39.0 Å². The summed E-state index contributed by atoms with van der Waals surface area (Å²) in [6.45, 7) is 2.18. The highest BCUT2D eigenvalue weighted by Crippen LogP contribution is 2.34. The Labute approximate surface area is 177 Å². The van der Waals surface area contributed by atoms with Gasteiger partial charge in [-0.1, -0.05) is 66.2 Å². The molecular formula is C29H25N. The lowest BCUT2D eigenvalue weighted by Crippen LogP contribution is -2.23. The predicted octanol–water partition coefficient (Wildman–Crippen LogP) is 4.77. The molecule has 2 aliphatic carbocycles. The summed E-state index contributed by atoms with van der Waals surface area (Å²) < 4.78 is 0. The Kier molecular flexibility index (Phi) is 4.09. The van der Waals surface area contributed by atoms with Gasteiger partial charge in [0.1, 0.15) is 0 Å². The zero-order chi connectivity index (χ0) is 20.1. The number of allylic oxidation sites excluding steroid dienone is 1. The lowest BCUT2D eigenvalue weighted by molar-refractivity contribution is 0.813. The van der Waals surface area contributed by atoms with Crippen molar-refractivity contribution in [1.82, 2.24) is 0 Å². The molecule has 1 aliphatic heterocycles. The Balaban J connectivity index is 1.66. The average Bonchev–Trinajstić information content (AvgIpc) is 3.00. The second-order valence-electron chi connectivity index (χ2n) is 8.68. The Morgan fingerprint density at radius 3 is 2.63 bits per heavy atom. The molecule has 3 aliphatic rings. The summed E-state index contributed by atoms with van der Waals surface area (Å²) >= 11 is 0. The molecule has 0 radical (unpaired) electrons. The van der Waals surface area contributed by atoms with Crippen LogP contribution in [0.5, 0.6) is 0 Å². The molecule has 3 aromatic rings. The molecule has 0 amide bonds. The van der Waals surface area contributed by atoms with E-state index >= 15 is 0 Å². The molecule has 0 N–H and O–H groups in total. The summed E-state index contributed by atoms with van der Waals surface area (Å²) in [5.74, 6) is 0. The van der Waals surface area contributed by atoms with Gasteiger partial charge in [-0.2, -0.15) is 0 Å². The number of aryl methyl sites for hydroxylation is 1. The number of nitrogens with zero attached hydrogens (tertiary/aromatic N) is 1. The van der Waals surface area contributed by atoms with Gasteiger partial charge in [-0.25, -0.2) is 0 Å². The molecule has 146 valence electrons. The molecule has 6 rings (SSSR count). The van der Waals surface area contributed by atoms with Crippen LogP contribution in [0.25, 0.3) is 17.2 Å². The summed E-state index contributed by atoms with van der Waals surface area (Å²) in [6.07, 6.45) is 12.0. The average molecular weight is 388 g/mol. The monoisotopic (exact) mass is 387 g/mol. The maximum Gasteiger partial charge on any atom is 0.0345 e. The van der Waals surface area contributed by atoms with Crippen LogP contribution in [0, 0.1) is 17.4 Å². The Bertz CT molecular complexity index is 1470. The summed E-state index contributed by atoms with van der Waals surface area (Å²) in [5, 5.41) is 5.65. The van der Waals surface area contributed by atoms with Gasteiger partial charge >= 0.3 is 0 Å². The summed E-state index contributed by atoms with van der Waals surface area (Å²) in [5.41, 5.74) is 9.94. The third kappa shape index (κ3) is 2.73. The fourth-order valence-electron chi connectivity index (χ4n) is 5.46. The fourth-order valence-corrected chi connectivity index (χ4v) is 5.46. The first kappa shape index (κ1) is 17.7.